The summed E-state index contributed by atoms with van der Waals surface area (Å²) in [7, 11) is 0. The Labute approximate surface area is 144 Å². The molecule has 2 aromatic carbocycles. The standard InChI is InChI=1S/C19H16FN3O2/c1-12-8-9-17(18(21)22-12)19(24)23-14-5-3-7-16(11-14)25-15-6-2-4-13(20)10-15/h2-11H,1H3,(H2,21,22)(H,23,24). The van der Waals surface area contributed by atoms with E-state index in [0.717, 1.165) is 5.69 Å². The van der Waals surface area contributed by atoms with Gasteiger partial charge in [0, 0.05) is 23.5 Å². The van der Waals surface area contributed by atoms with Gasteiger partial charge in [0.05, 0.1) is 5.56 Å². The quantitative estimate of drug-likeness (QED) is 0.749. The first kappa shape index (κ1) is 16.4. The number of nitrogens with zero attached hydrogens (tertiary/aromatic N) is 1. The lowest BCUT2D eigenvalue weighted by Crippen LogP contribution is -2.15. The normalized spacial score (nSPS) is 10.3. The number of aryl methyl sites for hydroxylation is 1. The fourth-order valence-corrected chi connectivity index (χ4v) is 2.27. The number of rotatable bonds is 4. The number of benzene rings is 2. The highest BCUT2D eigenvalue weighted by Gasteiger charge is 2.11. The second kappa shape index (κ2) is 7.00. The minimum atomic E-state index is -0.385. The van der Waals surface area contributed by atoms with Crippen LogP contribution in [-0.4, -0.2) is 10.9 Å². The molecule has 0 spiro atoms. The number of amides is 1. The van der Waals surface area contributed by atoms with Crippen LogP contribution in [0.4, 0.5) is 15.9 Å². The van der Waals surface area contributed by atoms with Crippen molar-refractivity contribution < 1.29 is 13.9 Å². The average molecular weight is 337 g/mol. The lowest BCUT2D eigenvalue weighted by molar-refractivity contribution is 0.102. The Morgan fingerprint density at radius 3 is 2.52 bits per heavy atom. The predicted octanol–water partition coefficient (Wildman–Crippen LogP) is 4.16. The number of nitrogens with two attached hydrogens (primary N) is 1. The number of nitrogen functional groups attached to an aromatic ring is 1. The maximum atomic E-state index is 13.2. The molecule has 1 heterocycles. The molecule has 1 aromatic heterocycles. The molecule has 0 aliphatic rings. The number of nitrogens with one attached hydrogen (secondary N) is 1. The molecule has 5 nitrogen and oxygen atoms in total. The first-order valence-electron chi connectivity index (χ1n) is 7.59. The zero-order valence-corrected chi connectivity index (χ0v) is 13.5. The van der Waals surface area contributed by atoms with E-state index in [4.69, 9.17) is 10.5 Å². The molecular weight excluding hydrogens is 321 g/mol. The van der Waals surface area contributed by atoms with E-state index in [-0.39, 0.29) is 17.5 Å². The molecule has 0 aliphatic carbocycles. The van der Waals surface area contributed by atoms with Gasteiger partial charge in [0.15, 0.2) is 0 Å². The van der Waals surface area contributed by atoms with E-state index in [1.807, 2.05) is 0 Å². The van der Waals surface area contributed by atoms with E-state index in [1.54, 1.807) is 55.5 Å². The predicted molar refractivity (Wildman–Crippen MR) is 94.3 cm³/mol. The van der Waals surface area contributed by atoms with Crippen molar-refractivity contribution in [1.29, 1.82) is 0 Å². The van der Waals surface area contributed by atoms with Crippen LogP contribution in [0.1, 0.15) is 16.1 Å². The summed E-state index contributed by atoms with van der Waals surface area (Å²) in [6.45, 7) is 1.80. The Hall–Kier alpha value is -3.41. The van der Waals surface area contributed by atoms with Crippen molar-refractivity contribution in [2.75, 3.05) is 11.1 Å². The second-order valence-corrected chi connectivity index (χ2v) is 5.43. The number of anilines is 2. The number of carbonyl (C=O) groups is 1. The van der Waals surface area contributed by atoms with Crippen molar-refractivity contribution in [1.82, 2.24) is 4.98 Å². The third-order valence-electron chi connectivity index (χ3n) is 3.43. The van der Waals surface area contributed by atoms with Crippen molar-refractivity contribution in [3.05, 3.63) is 77.7 Å². The van der Waals surface area contributed by atoms with Crippen molar-refractivity contribution in [2.24, 2.45) is 0 Å². The van der Waals surface area contributed by atoms with Gasteiger partial charge in [-0.1, -0.05) is 12.1 Å². The van der Waals surface area contributed by atoms with E-state index in [2.05, 4.69) is 10.3 Å². The molecule has 6 heteroatoms. The molecule has 3 aromatic rings. The van der Waals surface area contributed by atoms with Gasteiger partial charge in [0.2, 0.25) is 0 Å². The van der Waals surface area contributed by atoms with Gasteiger partial charge in [-0.15, -0.1) is 0 Å². The van der Waals surface area contributed by atoms with Crippen LogP contribution in [0.2, 0.25) is 0 Å². The molecule has 3 N–H and O–H groups in total. The minimum Gasteiger partial charge on any atom is -0.457 e. The summed E-state index contributed by atoms with van der Waals surface area (Å²) in [6.07, 6.45) is 0. The fourth-order valence-electron chi connectivity index (χ4n) is 2.27. The lowest BCUT2D eigenvalue weighted by atomic mass is 10.2. The molecule has 0 saturated carbocycles. The van der Waals surface area contributed by atoms with Crippen LogP contribution in [0, 0.1) is 12.7 Å². The van der Waals surface area contributed by atoms with Gasteiger partial charge in [0.1, 0.15) is 23.1 Å². The van der Waals surface area contributed by atoms with Crippen LogP contribution < -0.4 is 15.8 Å². The zero-order valence-electron chi connectivity index (χ0n) is 13.5. The first-order chi connectivity index (χ1) is 12.0. The van der Waals surface area contributed by atoms with Crippen LogP contribution in [0.5, 0.6) is 11.5 Å². The highest BCUT2D eigenvalue weighted by molar-refractivity contribution is 6.07. The Morgan fingerprint density at radius 1 is 1.08 bits per heavy atom. The van der Waals surface area contributed by atoms with Crippen LogP contribution in [-0.2, 0) is 0 Å². The summed E-state index contributed by atoms with van der Waals surface area (Å²) in [4.78, 5) is 16.4. The number of hydrogen-bond acceptors (Lipinski definition) is 4. The molecular formula is C19H16FN3O2. The second-order valence-electron chi connectivity index (χ2n) is 5.43. The van der Waals surface area contributed by atoms with E-state index in [1.165, 1.54) is 12.1 Å². The first-order valence-corrected chi connectivity index (χ1v) is 7.59. The molecule has 0 fully saturated rings. The minimum absolute atomic E-state index is 0.171. The maximum absolute atomic E-state index is 13.2. The summed E-state index contributed by atoms with van der Waals surface area (Å²) in [5.41, 5.74) is 7.35. The Balaban J connectivity index is 1.76. The van der Waals surface area contributed by atoms with E-state index >= 15 is 0 Å². The van der Waals surface area contributed by atoms with Gasteiger partial charge in [-0.05, 0) is 43.3 Å². The number of halogens is 1. The molecule has 3 rings (SSSR count). The van der Waals surface area contributed by atoms with Gasteiger partial charge in [-0.2, -0.15) is 0 Å². The number of ether oxygens (including phenoxy) is 1. The molecule has 0 atom stereocenters. The van der Waals surface area contributed by atoms with E-state index in [9.17, 15) is 9.18 Å². The Kier molecular flexibility index (Phi) is 4.61. The number of pyridine rings is 1. The van der Waals surface area contributed by atoms with Crippen LogP contribution in [0.25, 0.3) is 0 Å². The largest absolute Gasteiger partial charge is 0.457 e. The number of hydrogen-bond donors (Lipinski definition) is 2. The molecule has 0 bridgehead atoms. The molecule has 0 aliphatic heterocycles. The van der Waals surface area contributed by atoms with Crippen LogP contribution >= 0.6 is 0 Å². The fraction of sp³-hybridized carbons (Fsp3) is 0.0526. The molecule has 0 radical (unpaired) electrons. The monoisotopic (exact) mass is 337 g/mol. The molecule has 0 saturated heterocycles. The van der Waals surface area contributed by atoms with Gasteiger partial charge < -0.3 is 15.8 Å². The molecule has 1 amide bonds. The zero-order chi connectivity index (χ0) is 17.8. The van der Waals surface area contributed by atoms with Crippen molar-refractivity contribution in [3.63, 3.8) is 0 Å². The van der Waals surface area contributed by atoms with E-state index < -0.39 is 0 Å². The topological polar surface area (TPSA) is 77.2 Å². The van der Waals surface area contributed by atoms with Crippen molar-refractivity contribution in [3.8, 4) is 11.5 Å². The summed E-state index contributed by atoms with van der Waals surface area (Å²) >= 11 is 0. The van der Waals surface area contributed by atoms with Crippen molar-refractivity contribution >= 4 is 17.4 Å². The van der Waals surface area contributed by atoms with Gasteiger partial charge in [-0.3, -0.25) is 4.79 Å². The summed E-state index contributed by atoms with van der Waals surface area (Å²) in [5, 5.41) is 2.74. The van der Waals surface area contributed by atoms with Crippen molar-refractivity contribution in [2.45, 2.75) is 6.92 Å². The van der Waals surface area contributed by atoms with Gasteiger partial charge in [0.25, 0.3) is 5.91 Å². The SMILES string of the molecule is Cc1ccc(C(=O)Nc2cccc(Oc3cccc(F)c3)c2)c(N)n1. The highest BCUT2D eigenvalue weighted by atomic mass is 19.1. The van der Waals surface area contributed by atoms with Crippen LogP contribution in [0.15, 0.2) is 60.7 Å². The summed E-state index contributed by atoms with van der Waals surface area (Å²) in [6, 6.07) is 16.0. The third kappa shape index (κ3) is 4.11. The van der Waals surface area contributed by atoms with E-state index in [0.29, 0.717) is 22.7 Å². The molecule has 126 valence electrons. The third-order valence-corrected chi connectivity index (χ3v) is 3.43. The Morgan fingerprint density at radius 2 is 1.80 bits per heavy atom. The maximum Gasteiger partial charge on any atom is 0.259 e. The van der Waals surface area contributed by atoms with Gasteiger partial charge in [-0.25, -0.2) is 9.37 Å². The summed E-state index contributed by atoms with van der Waals surface area (Å²) < 4.78 is 18.8. The number of aromatic nitrogens is 1. The average Bonchev–Trinajstić information content (AvgIpc) is 2.55. The van der Waals surface area contributed by atoms with Gasteiger partial charge >= 0.3 is 0 Å². The molecule has 0 unspecified atom stereocenters. The smallest absolute Gasteiger partial charge is 0.259 e. The number of carbonyl (C=O) groups excluding carboxylic acids is 1. The Bertz CT molecular complexity index is 928. The molecule has 25 heavy (non-hydrogen) atoms. The lowest BCUT2D eigenvalue weighted by Gasteiger charge is -2.10. The van der Waals surface area contributed by atoms with Crippen LogP contribution in [0.3, 0.4) is 0 Å². The highest BCUT2D eigenvalue weighted by Crippen LogP contribution is 2.25. The summed E-state index contributed by atoms with van der Waals surface area (Å²) in [5.74, 6) is 0.260.